The lowest BCUT2D eigenvalue weighted by Crippen LogP contribution is -2.30. The molecule has 0 atom stereocenters. The smallest absolute Gasteiger partial charge is 0.274 e. The molecule has 0 saturated carbocycles. The van der Waals surface area contributed by atoms with Crippen LogP contribution in [0.4, 0.5) is 17.3 Å². The standard InChI is InChI=1S/C24H27N7O/c32-24(21-16-23(26-17-25-21)31-11-2-1-3-12-31)27-19-8-6-7-18(15-19)20-9-10-22(29-28-20)30-13-4-5-14-30/h6-10,15-17H,1-5,11-14H2,(H,27,32). The molecule has 32 heavy (non-hydrogen) atoms. The summed E-state index contributed by atoms with van der Waals surface area (Å²) < 4.78 is 0. The lowest BCUT2D eigenvalue weighted by atomic mass is 10.1. The van der Waals surface area contributed by atoms with Crippen molar-refractivity contribution in [1.82, 2.24) is 20.2 Å². The van der Waals surface area contributed by atoms with Gasteiger partial charge in [-0.1, -0.05) is 12.1 Å². The topological polar surface area (TPSA) is 87.1 Å². The Morgan fingerprint density at radius 3 is 2.28 bits per heavy atom. The van der Waals surface area contributed by atoms with Crippen molar-refractivity contribution in [3.8, 4) is 11.3 Å². The molecular formula is C24H27N7O. The second-order valence-corrected chi connectivity index (χ2v) is 8.32. The average molecular weight is 430 g/mol. The van der Waals surface area contributed by atoms with E-state index in [-0.39, 0.29) is 5.91 Å². The maximum Gasteiger partial charge on any atom is 0.274 e. The van der Waals surface area contributed by atoms with E-state index in [1.165, 1.54) is 25.6 Å². The van der Waals surface area contributed by atoms with Crippen molar-refractivity contribution < 1.29 is 4.79 Å². The number of hydrogen-bond donors (Lipinski definition) is 1. The summed E-state index contributed by atoms with van der Waals surface area (Å²) in [5.41, 5.74) is 2.73. The largest absolute Gasteiger partial charge is 0.357 e. The fourth-order valence-electron chi connectivity index (χ4n) is 4.31. The number of nitrogens with one attached hydrogen (secondary N) is 1. The van der Waals surface area contributed by atoms with Crippen molar-refractivity contribution >= 4 is 23.2 Å². The van der Waals surface area contributed by atoms with Crippen LogP contribution in [0.15, 0.2) is 48.8 Å². The minimum atomic E-state index is -0.252. The first-order valence-corrected chi connectivity index (χ1v) is 11.3. The Morgan fingerprint density at radius 1 is 0.781 bits per heavy atom. The highest BCUT2D eigenvalue weighted by molar-refractivity contribution is 6.03. The molecule has 1 aromatic carbocycles. The molecule has 2 saturated heterocycles. The molecule has 2 aromatic heterocycles. The van der Waals surface area contributed by atoms with Crippen LogP contribution in [0.2, 0.25) is 0 Å². The van der Waals surface area contributed by atoms with Gasteiger partial charge in [-0.25, -0.2) is 9.97 Å². The molecule has 2 fully saturated rings. The quantitative estimate of drug-likeness (QED) is 0.660. The highest BCUT2D eigenvalue weighted by Crippen LogP contribution is 2.24. The molecule has 5 rings (SSSR count). The molecule has 1 N–H and O–H groups in total. The first-order valence-electron chi connectivity index (χ1n) is 11.3. The number of hydrogen-bond acceptors (Lipinski definition) is 7. The van der Waals surface area contributed by atoms with Gasteiger partial charge in [-0.3, -0.25) is 4.79 Å². The van der Waals surface area contributed by atoms with E-state index in [0.29, 0.717) is 11.4 Å². The summed E-state index contributed by atoms with van der Waals surface area (Å²) in [5, 5.41) is 11.8. The van der Waals surface area contributed by atoms with E-state index in [0.717, 1.165) is 61.9 Å². The van der Waals surface area contributed by atoms with E-state index in [1.54, 1.807) is 6.07 Å². The Bertz CT molecular complexity index is 1070. The second-order valence-electron chi connectivity index (χ2n) is 8.32. The Morgan fingerprint density at radius 2 is 1.53 bits per heavy atom. The van der Waals surface area contributed by atoms with Crippen LogP contribution in [0.1, 0.15) is 42.6 Å². The molecule has 0 unspecified atom stereocenters. The summed E-state index contributed by atoms with van der Waals surface area (Å²) in [6.07, 6.45) is 7.43. The predicted octanol–water partition coefficient (Wildman–Crippen LogP) is 3.78. The number of piperidine rings is 1. The van der Waals surface area contributed by atoms with Crippen LogP contribution in [0.3, 0.4) is 0 Å². The summed E-state index contributed by atoms with van der Waals surface area (Å²) in [6, 6.07) is 13.4. The molecule has 2 aliphatic heterocycles. The number of rotatable bonds is 5. The van der Waals surface area contributed by atoms with Gasteiger partial charge in [0.1, 0.15) is 17.8 Å². The number of benzene rings is 1. The van der Waals surface area contributed by atoms with Crippen LogP contribution in [-0.4, -0.2) is 52.3 Å². The molecule has 4 heterocycles. The molecule has 8 heteroatoms. The van der Waals surface area contributed by atoms with Crippen LogP contribution < -0.4 is 15.1 Å². The Balaban J connectivity index is 1.29. The van der Waals surface area contributed by atoms with Gasteiger partial charge in [0.25, 0.3) is 5.91 Å². The fourth-order valence-corrected chi connectivity index (χ4v) is 4.31. The minimum absolute atomic E-state index is 0.252. The number of aromatic nitrogens is 4. The number of amides is 1. The lowest BCUT2D eigenvalue weighted by molar-refractivity contribution is 0.102. The zero-order valence-electron chi connectivity index (χ0n) is 18.1. The van der Waals surface area contributed by atoms with Gasteiger partial charge in [0.05, 0.1) is 5.69 Å². The molecular weight excluding hydrogens is 402 g/mol. The second kappa shape index (κ2) is 9.30. The van der Waals surface area contributed by atoms with Gasteiger partial charge in [-0.2, -0.15) is 0 Å². The van der Waals surface area contributed by atoms with E-state index in [1.807, 2.05) is 36.4 Å². The maximum atomic E-state index is 12.8. The third-order valence-electron chi connectivity index (χ3n) is 6.06. The SMILES string of the molecule is O=C(Nc1cccc(-c2ccc(N3CCCC3)nn2)c1)c1cc(N2CCCCC2)ncn1. The van der Waals surface area contributed by atoms with Gasteiger partial charge in [0.15, 0.2) is 5.82 Å². The molecule has 8 nitrogen and oxygen atoms in total. The molecule has 0 bridgehead atoms. The summed E-state index contributed by atoms with van der Waals surface area (Å²) in [5.74, 6) is 1.48. The van der Waals surface area contributed by atoms with E-state index < -0.39 is 0 Å². The van der Waals surface area contributed by atoms with Crippen molar-refractivity contribution in [2.45, 2.75) is 32.1 Å². The van der Waals surface area contributed by atoms with E-state index in [4.69, 9.17) is 0 Å². The van der Waals surface area contributed by atoms with Crippen LogP contribution in [0.25, 0.3) is 11.3 Å². The van der Waals surface area contributed by atoms with Crippen molar-refractivity contribution in [3.05, 3.63) is 54.5 Å². The van der Waals surface area contributed by atoms with Crippen LogP contribution in [-0.2, 0) is 0 Å². The van der Waals surface area contributed by atoms with Gasteiger partial charge in [0, 0.05) is 43.5 Å². The third-order valence-corrected chi connectivity index (χ3v) is 6.06. The fraction of sp³-hybridized carbons (Fsp3) is 0.375. The summed E-state index contributed by atoms with van der Waals surface area (Å²) in [4.78, 5) is 25.8. The first kappa shape index (κ1) is 20.4. The molecule has 164 valence electrons. The van der Waals surface area contributed by atoms with Crippen LogP contribution in [0.5, 0.6) is 0 Å². The number of carbonyl (C=O) groups is 1. The predicted molar refractivity (Wildman–Crippen MR) is 125 cm³/mol. The average Bonchev–Trinajstić information content (AvgIpc) is 3.40. The molecule has 3 aromatic rings. The van der Waals surface area contributed by atoms with Gasteiger partial charge in [-0.05, 0) is 56.4 Å². The molecule has 1 amide bonds. The summed E-state index contributed by atoms with van der Waals surface area (Å²) in [6.45, 7) is 4.02. The molecule has 0 spiro atoms. The van der Waals surface area contributed by atoms with Gasteiger partial charge < -0.3 is 15.1 Å². The summed E-state index contributed by atoms with van der Waals surface area (Å²) >= 11 is 0. The van der Waals surface area contributed by atoms with Crippen molar-refractivity contribution in [2.75, 3.05) is 41.3 Å². The van der Waals surface area contributed by atoms with Crippen molar-refractivity contribution in [3.63, 3.8) is 0 Å². The first-order chi connectivity index (χ1) is 15.8. The maximum absolute atomic E-state index is 12.8. The highest BCUT2D eigenvalue weighted by atomic mass is 16.1. The molecule has 2 aliphatic rings. The van der Waals surface area contributed by atoms with E-state index in [2.05, 4.69) is 35.3 Å². The number of nitrogens with zero attached hydrogens (tertiary/aromatic N) is 6. The number of anilines is 3. The third kappa shape index (κ3) is 4.54. The van der Waals surface area contributed by atoms with Gasteiger partial charge in [-0.15, -0.1) is 10.2 Å². The lowest BCUT2D eigenvalue weighted by Gasteiger charge is -2.27. The van der Waals surface area contributed by atoms with Crippen molar-refractivity contribution in [2.24, 2.45) is 0 Å². The van der Waals surface area contributed by atoms with Gasteiger partial charge in [0.2, 0.25) is 0 Å². The van der Waals surface area contributed by atoms with E-state index >= 15 is 0 Å². The molecule has 0 aliphatic carbocycles. The Hall–Kier alpha value is -3.55. The Labute approximate surface area is 187 Å². The van der Waals surface area contributed by atoms with E-state index in [9.17, 15) is 4.79 Å². The number of carbonyl (C=O) groups excluding carboxylic acids is 1. The molecule has 0 radical (unpaired) electrons. The zero-order valence-corrected chi connectivity index (χ0v) is 18.1. The van der Waals surface area contributed by atoms with Crippen LogP contribution in [0, 0.1) is 0 Å². The minimum Gasteiger partial charge on any atom is -0.357 e. The monoisotopic (exact) mass is 429 g/mol. The Kier molecular flexibility index (Phi) is 5.91. The zero-order chi connectivity index (χ0) is 21.8. The normalized spacial score (nSPS) is 16.2. The van der Waals surface area contributed by atoms with Crippen molar-refractivity contribution in [1.29, 1.82) is 0 Å². The summed E-state index contributed by atoms with van der Waals surface area (Å²) in [7, 11) is 0. The van der Waals surface area contributed by atoms with Gasteiger partial charge >= 0.3 is 0 Å². The van der Waals surface area contributed by atoms with Crippen LogP contribution >= 0.6 is 0 Å². The highest BCUT2D eigenvalue weighted by Gasteiger charge is 2.16.